The van der Waals surface area contributed by atoms with Gasteiger partial charge in [0.25, 0.3) is 0 Å². The molecule has 1 aromatic rings. The maximum Gasteiger partial charge on any atom is 0.249 e. The van der Waals surface area contributed by atoms with Crippen molar-refractivity contribution in [1.29, 1.82) is 0 Å². The molecule has 0 bridgehead atoms. The highest BCUT2D eigenvalue weighted by atomic mass is 79.9. The third kappa shape index (κ3) is 2.09. The summed E-state index contributed by atoms with van der Waals surface area (Å²) in [5.41, 5.74) is 4.79. The van der Waals surface area contributed by atoms with E-state index in [0.29, 0.717) is 4.47 Å². The van der Waals surface area contributed by atoms with E-state index in [1.54, 1.807) is 0 Å². The Morgan fingerprint density at radius 2 is 2.23 bits per heavy atom. The van der Waals surface area contributed by atoms with E-state index in [0.717, 1.165) is 0 Å². The van der Waals surface area contributed by atoms with Crippen LogP contribution in [0.15, 0.2) is 21.2 Å². The molecule has 0 spiro atoms. The molecule has 0 fully saturated rings. The molecule has 1 rings (SSSR count). The number of rotatable bonds is 3. The molecule has 0 aromatic carbocycles. The Bertz CT molecular complexity index is 311. The Morgan fingerprint density at radius 3 is 2.62 bits per heavy atom. The van der Waals surface area contributed by atoms with E-state index in [2.05, 4.69) is 15.9 Å². The van der Waals surface area contributed by atoms with E-state index in [1.165, 1.54) is 12.3 Å². The maximum absolute atomic E-state index is 10.5. The first-order chi connectivity index (χ1) is 6.04. The van der Waals surface area contributed by atoms with Crippen LogP contribution in [0.4, 0.5) is 0 Å². The molecule has 1 aromatic heterocycles. The Labute approximate surface area is 82.3 Å². The average molecular weight is 250 g/mol. The number of furan rings is 1. The predicted octanol–water partition coefficient (Wildman–Crippen LogP) is -0.0783. The smallest absolute Gasteiger partial charge is 0.249 e. The highest BCUT2D eigenvalue weighted by Gasteiger charge is 2.27. The van der Waals surface area contributed by atoms with Crippen molar-refractivity contribution in [3.63, 3.8) is 0 Å². The second kappa shape index (κ2) is 3.91. The lowest BCUT2D eigenvalue weighted by atomic mass is 10.1. The van der Waals surface area contributed by atoms with Gasteiger partial charge in [0, 0.05) is 0 Å². The summed E-state index contributed by atoms with van der Waals surface area (Å²) in [6, 6.07) is 1.53. The SMILES string of the molecule is NC(=O)C(O)C(O)c1occc1Br. The van der Waals surface area contributed by atoms with Crippen molar-refractivity contribution in [3.8, 4) is 0 Å². The van der Waals surface area contributed by atoms with E-state index in [9.17, 15) is 9.90 Å². The molecule has 1 heterocycles. The minimum absolute atomic E-state index is 0.0753. The molecule has 72 valence electrons. The normalized spacial score (nSPS) is 15.3. The molecule has 0 aliphatic heterocycles. The van der Waals surface area contributed by atoms with Gasteiger partial charge in [-0.1, -0.05) is 0 Å². The molecule has 0 radical (unpaired) electrons. The summed E-state index contributed by atoms with van der Waals surface area (Å²) < 4.78 is 5.31. The summed E-state index contributed by atoms with van der Waals surface area (Å²) in [5, 5.41) is 18.4. The minimum Gasteiger partial charge on any atom is -0.465 e. The third-order valence-corrected chi connectivity index (χ3v) is 2.16. The van der Waals surface area contributed by atoms with Crippen LogP contribution in [0.2, 0.25) is 0 Å². The topological polar surface area (TPSA) is 96.7 Å². The number of nitrogens with two attached hydrogens (primary N) is 1. The molecule has 13 heavy (non-hydrogen) atoms. The fraction of sp³-hybridized carbons (Fsp3) is 0.286. The first-order valence-corrected chi connectivity index (χ1v) is 4.21. The van der Waals surface area contributed by atoms with Gasteiger partial charge in [0.15, 0.2) is 6.10 Å². The molecule has 0 saturated heterocycles. The van der Waals surface area contributed by atoms with Crippen molar-refractivity contribution in [3.05, 3.63) is 22.6 Å². The monoisotopic (exact) mass is 249 g/mol. The van der Waals surface area contributed by atoms with Crippen molar-refractivity contribution < 1.29 is 19.4 Å². The van der Waals surface area contributed by atoms with E-state index < -0.39 is 18.1 Å². The summed E-state index contributed by atoms with van der Waals surface area (Å²) in [4.78, 5) is 10.5. The van der Waals surface area contributed by atoms with Crippen molar-refractivity contribution in [2.45, 2.75) is 12.2 Å². The van der Waals surface area contributed by atoms with E-state index >= 15 is 0 Å². The van der Waals surface area contributed by atoms with E-state index in [-0.39, 0.29) is 5.76 Å². The van der Waals surface area contributed by atoms with Gasteiger partial charge in [-0.2, -0.15) is 0 Å². The van der Waals surface area contributed by atoms with E-state index in [4.69, 9.17) is 15.3 Å². The summed E-state index contributed by atoms with van der Waals surface area (Å²) >= 11 is 3.07. The van der Waals surface area contributed by atoms with Gasteiger partial charge in [-0.3, -0.25) is 4.79 Å². The second-order valence-corrected chi connectivity index (χ2v) is 3.28. The summed E-state index contributed by atoms with van der Waals surface area (Å²) in [7, 11) is 0. The number of hydrogen-bond acceptors (Lipinski definition) is 4. The number of aliphatic hydroxyl groups is 2. The number of halogens is 1. The zero-order valence-corrected chi connectivity index (χ0v) is 8.06. The molecule has 0 aliphatic rings. The van der Waals surface area contributed by atoms with Gasteiger partial charge >= 0.3 is 0 Å². The minimum atomic E-state index is -1.66. The van der Waals surface area contributed by atoms with Gasteiger partial charge in [-0.15, -0.1) is 0 Å². The third-order valence-electron chi connectivity index (χ3n) is 1.50. The average Bonchev–Trinajstić information content (AvgIpc) is 2.48. The number of carbonyl (C=O) groups is 1. The van der Waals surface area contributed by atoms with Crippen molar-refractivity contribution in [2.24, 2.45) is 5.73 Å². The highest BCUT2D eigenvalue weighted by molar-refractivity contribution is 9.10. The van der Waals surface area contributed by atoms with E-state index in [1.807, 2.05) is 0 Å². The fourth-order valence-corrected chi connectivity index (χ4v) is 1.25. The van der Waals surface area contributed by atoms with Crippen LogP contribution in [0.25, 0.3) is 0 Å². The molecular formula is C7H8BrNO4. The molecule has 5 nitrogen and oxygen atoms in total. The summed E-state index contributed by atoms with van der Waals surface area (Å²) in [5.74, 6) is -0.929. The summed E-state index contributed by atoms with van der Waals surface area (Å²) in [6.45, 7) is 0. The standard InChI is InChI=1S/C7H8BrNO4/c8-3-1-2-13-6(3)4(10)5(11)7(9)12/h1-2,4-5,10-11H,(H2,9,12). The number of primary amides is 1. The number of hydrogen-bond donors (Lipinski definition) is 3. The number of aliphatic hydroxyl groups excluding tert-OH is 2. The van der Waals surface area contributed by atoms with Gasteiger partial charge in [-0.05, 0) is 22.0 Å². The molecule has 2 atom stereocenters. The van der Waals surface area contributed by atoms with Crippen LogP contribution in [0.5, 0.6) is 0 Å². The molecule has 2 unspecified atom stereocenters. The zero-order chi connectivity index (χ0) is 10.0. The quantitative estimate of drug-likeness (QED) is 0.699. The zero-order valence-electron chi connectivity index (χ0n) is 6.48. The Morgan fingerprint density at radius 1 is 1.62 bits per heavy atom. The van der Waals surface area contributed by atoms with Crippen LogP contribution in [-0.4, -0.2) is 22.2 Å². The highest BCUT2D eigenvalue weighted by Crippen LogP contribution is 2.26. The lowest BCUT2D eigenvalue weighted by Crippen LogP contribution is -2.33. The van der Waals surface area contributed by atoms with Crippen LogP contribution in [0, 0.1) is 0 Å². The summed E-state index contributed by atoms with van der Waals surface area (Å²) in [6.07, 6.45) is -1.79. The van der Waals surface area contributed by atoms with Gasteiger partial charge in [0.1, 0.15) is 11.9 Å². The van der Waals surface area contributed by atoms with Gasteiger partial charge in [0.2, 0.25) is 5.91 Å². The van der Waals surface area contributed by atoms with Crippen LogP contribution < -0.4 is 5.73 Å². The first-order valence-electron chi connectivity index (χ1n) is 3.42. The lowest BCUT2D eigenvalue weighted by molar-refractivity contribution is -0.132. The Balaban J connectivity index is 2.85. The van der Waals surface area contributed by atoms with Gasteiger partial charge in [0.05, 0.1) is 10.7 Å². The molecule has 4 N–H and O–H groups in total. The molecule has 1 amide bonds. The lowest BCUT2D eigenvalue weighted by Gasteiger charge is -2.12. The van der Waals surface area contributed by atoms with Crippen molar-refractivity contribution in [2.75, 3.05) is 0 Å². The first kappa shape index (κ1) is 10.2. The van der Waals surface area contributed by atoms with Gasteiger partial charge < -0.3 is 20.4 Å². The Hall–Kier alpha value is -0.850. The number of carbonyl (C=O) groups excluding carboxylic acids is 1. The van der Waals surface area contributed by atoms with Crippen molar-refractivity contribution in [1.82, 2.24) is 0 Å². The molecular weight excluding hydrogens is 242 g/mol. The predicted molar refractivity (Wildman–Crippen MR) is 46.6 cm³/mol. The van der Waals surface area contributed by atoms with Crippen LogP contribution in [0.3, 0.4) is 0 Å². The Kier molecular flexibility index (Phi) is 3.07. The van der Waals surface area contributed by atoms with Crippen LogP contribution >= 0.6 is 15.9 Å². The second-order valence-electron chi connectivity index (χ2n) is 2.42. The largest absolute Gasteiger partial charge is 0.465 e. The van der Waals surface area contributed by atoms with Crippen LogP contribution in [0.1, 0.15) is 11.9 Å². The molecule has 6 heteroatoms. The van der Waals surface area contributed by atoms with Gasteiger partial charge in [-0.25, -0.2) is 0 Å². The molecule has 0 aliphatic carbocycles. The van der Waals surface area contributed by atoms with Crippen molar-refractivity contribution >= 4 is 21.8 Å². The number of amides is 1. The maximum atomic E-state index is 10.5. The van der Waals surface area contributed by atoms with Crippen LogP contribution in [-0.2, 0) is 4.79 Å². The molecule has 0 saturated carbocycles. The fourth-order valence-electron chi connectivity index (χ4n) is 0.815.